The average molecular weight is 440 g/mol. The van der Waals surface area contributed by atoms with Gasteiger partial charge in [-0.25, -0.2) is 8.78 Å². The summed E-state index contributed by atoms with van der Waals surface area (Å²) in [5, 5.41) is 1.31. The summed E-state index contributed by atoms with van der Waals surface area (Å²) in [6.07, 6.45) is 1.42. The Morgan fingerprint density at radius 3 is 2.47 bits per heavy atom. The first-order chi connectivity index (χ1) is 14.2. The summed E-state index contributed by atoms with van der Waals surface area (Å²) in [6, 6.07) is 5.89. The zero-order valence-corrected chi connectivity index (χ0v) is 18.1. The van der Waals surface area contributed by atoms with Crippen LogP contribution in [0.1, 0.15) is 50.0 Å². The second kappa shape index (κ2) is 8.35. The minimum Gasteiger partial charge on any atom is -0.489 e. The van der Waals surface area contributed by atoms with Crippen LogP contribution in [0, 0.1) is 0 Å². The van der Waals surface area contributed by atoms with Crippen molar-refractivity contribution in [2.75, 3.05) is 26.2 Å². The zero-order valence-electron chi connectivity index (χ0n) is 17.4. The van der Waals surface area contributed by atoms with Crippen LogP contribution in [-0.4, -0.2) is 64.9 Å². The highest BCUT2D eigenvalue weighted by molar-refractivity contribution is 6.32. The van der Waals surface area contributed by atoms with E-state index in [1.807, 2.05) is 6.07 Å². The molecule has 0 spiro atoms. The van der Waals surface area contributed by atoms with Crippen LogP contribution < -0.4 is 4.74 Å². The maximum absolute atomic E-state index is 13.4. The number of likely N-dealkylation sites (tertiary alicyclic amines) is 2. The van der Waals surface area contributed by atoms with Gasteiger partial charge in [0, 0.05) is 56.0 Å². The number of hydrogen-bond acceptors (Lipinski definition) is 3. The fraction of sp³-hybridized carbons (Fsp3) is 0.591. The maximum Gasteiger partial charge on any atom is 0.270 e. The van der Waals surface area contributed by atoms with Gasteiger partial charge in [0.1, 0.15) is 17.5 Å². The van der Waals surface area contributed by atoms with E-state index in [2.05, 4.69) is 23.7 Å². The molecule has 30 heavy (non-hydrogen) atoms. The number of halogens is 3. The van der Waals surface area contributed by atoms with Crippen LogP contribution in [0.2, 0.25) is 5.02 Å². The minimum atomic E-state index is -2.68. The Morgan fingerprint density at radius 2 is 1.83 bits per heavy atom. The quantitative estimate of drug-likeness (QED) is 0.733. The maximum atomic E-state index is 13.4. The molecule has 1 aromatic heterocycles. The Hall–Kier alpha value is -1.86. The van der Waals surface area contributed by atoms with E-state index in [-0.39, 0.29) is 37.9 Å². The monoisotopic (exact) mass is 439 g/mol. The highest BCUT2D eigenvalue weighted by Crippen LogP contribution is 2.33. The second-order valence-electron chi connectivity index (χ2n) is 8.65. The molecule has 0 bridgehead atoms. The fourth-order valence-corrected chi connectivity index (χ4v) is 4.44. The van der Waals surface area contributed by atoms with Crippen molar-refractivity contribution < 1.29 is 18.3 Å². The van der Waals surface area contributed by atoms with Gasteiger partial charge in [-0.1, -0.05) is 11.6 Å². The first kappa shape index (κ1) is 21.4. The Bertz CT molecular complexity index is 912. The van der Waals surface area contributed by atoms with E-state index in [9.17, 15) is 13.6 Å². The van der Waals surface area contributed by atoms with Crippen molar-refractivity contribution in [1.29, 1.82) is 0 Å². The zero-order chi connectivity index (χ0) is 21.5. The number of alkyl halides is 2. The third-order valence-electron chi connectivity index (χ3n) is 6.19. The number of piperidine rings is 2. The third-order valence-corrected chi connectivity index (χ3v) is 6.48. The van der Waals surface area contributed by atoms with Gasteiger partial charge < -0.3 is 19.5 Å². The van der Waals surface area contributed by atoms with Crippen LogP contribution in [0.15, 0.2) is 18.2 Å². The predicted octanol–water partition coefficient (Wildman–Crippen LogP) is 4.94. The summed E-state index contributed by atoms with van der Waals surface area (Å²) in [7, 11) is 0. The molecular formula is C22H28ClF2N3O2. The van der Waals surface area contributed by atoms with Crippen LogP contribution in [0.25, 0.3) is 10.9 Å². The second-order valence-corrected chi connectivity index (χ2v) is 9.06. The van der Waals surface area contributed by atoms with Crippen LogP contribution in [0.4, 0.5) is 8.78 Å². The molecule has 3 heterocycles. The molecule has 2 fully saturated rings. The molecule has 1 aromatic carbocycles. The molecule has 0 aliphatic carbocycles. The first-order valence-corrected chi connectivity index (χ1v) is 11.0. The summed E-state index contributed by atoms with van der Waals surface area (Å²) in [5.74, 6) is -2.33. The molecule has 2 aliphatic rings. The van der Waals surface area contributed by atoms with Crippen LogP contribution in [0.5, 0.6) is 5.75 Å². The van der Waals surface area contributed by atoms with Crippen molar-refractivity contribution in [2.45, 2.75) is 57.6 Å². The van der Waals surface area contributed by atoms with E-state index in [0.717, 1.165) is 36.8 Å². The number of carbonyl (C=O) groups is 1. The summed E-state index contributed by atoms with van der Waals surface area (Å²) in [4.78, 5) is 19.7. The lowest BCUT2D eigenvalue weighted by atomic mass is 10.1. The van der Waals surface area contributed by atoms with Gasteiger partial charge >= 0.3 is 0 Å². The molecule has 2 aromatic rings. The van der Waals surface area contributed by atoms with Gasteiger partial charge in [0.05, 0.1) is 5.02 Å². The lowest BCUT2D eigenvalue weighted by Gasteiger charge is -2.34. The summed E-state index contributed by atoms with van der Waals surface area (Å²) in [6.45, 7) is 6.52. The van der Waals surface area contributed by atoms with Gasteiger partial charge in [-0.3, -0.25) is 4.79 Å². The number of amides is 1. The number of H-pyrrole nitrogens is 1. The van der Waals surface area contributed by atoms with E-state index >= 15 is 0 Å². The summed E-state index contributed by atoms with van der Waals surface area (Å²) >= 11 is 6.44. The number of aromatic nitrogens is 1. The number of nitrogens with one attached hydrogen (secondary N) is 1. The molecular weight excluding hydrogens is 412 g/mol. The molecule has 0 saturated carbocycles. The topological polar surface area (TPSA) is 48.6 Å². The highest BCUT2D eigenvalue weighted by atomic mass is 35.5. The number of hydrogen-bond donors (Lipinski definition) is 1. The van der Waals surface area contributed by atoms with Gasteiger partial charge in [-0.15, -0.1) is 0 Å². The molecule has 1 amide bonds. The van der Waals surface area contributed by atoms with E-state index in [0.29, 0.717) is 22.5 Å². The Balaban J connectivity index is 1.46. The third kappa shape index (κ3) is 4.57. The molecule has 5 nitrogen and oxygen atoms in total. The van der Waals surface area contributed by atoms with Crippen LogP contribution in [-0.2, 0) is 0 Å². The number of nitrogens with zero attached hydrogens (tertiary/aromatic N) is 2. The molecule has 8 heteroatoms. The number of rotatable bonds is 4. The predicted molar refractivity (Wildman–Crippen MR) is 114 cm³/mol. The molecule has 4 rings (SSSR count). The van der Waals surface area contributed by atoms with E-state index in [1.54, 1.807) is 12.1 Å². The Kier molecular flexibility index (Phi) is 5.95. The number of benzene rings is 1. The fourth-order valence-electron chi connectivity index (χ4n) is 4.24. The van der Waals surface area contributed by atoms with Gasteiger partial charge in [0.2, 0.25) is 0 Å². The Labute approximate surface area is 180 Å². The molecule has 0 atom stereocenters. The van der Waals surface area contributed by atoms with Crippen molar-refractivity contribution in [1.82, 2.24) is 14.8 Å². The van der Waals surface area contributed by atoms with Crippen molar-refractivity contribution in [3.63, 3.8) is 0 Å². The smallest absolute Gasteiger partial charge is 0.270 e. The van der Waals surface area contributed by atoms with Crippen molar-refractivity contribution in [2.24, 2.45) is 0 Å². The largest absolute Gasteiger partial charge is 0.489 e. The lowest BCUT2D eigenvalue weighted by Crippen LogP contribution is -2.42. The lowest BCUT2D eigenvalue weighted by molar-refractivity contribution is -0.0495. The van der Waals surface area contributed by atoms with Crippen LogP contribution in [0.3, 0.4) is 0 Å². The average Bonchev–Trinajstić information content (AvgIpc) is 3.11. The molecule has 2 aliphatic heterocycles. The van der Waals surface area contributed by atoms with Crippen molar-refractivity contribution >= 4 is 28.4 Å². The number of fused-ring (bicyclic) bond motifs is 1. The van der Waals surface area contributed by atoms with Gasteiger partial charge in [-0.05, 0) is 44.9 Å². The van der Waals surface area contributed by atoms with Crippen molar-refractivity contribution in [3.05, 3.63) is 28.9 Å². The van der Waals surface area contributed by atoms with Gasteiger partial charge in [0.15, 0.2) is 0 Å². The summed E-state index contributed by atoms with van der Waals surface area (Å²) < 4.78 is 32.9. The summed E-state index contributed by atoms with van der Waals surface area (Å²) in [5.41, 5.74) is 1.11. The molecule has 2 saturated heterocycles. The first-order valence-electron chi connectivity index (χ1n) is 10.6. The van der Waals surface area contributed by atoms with E-state index in [4.69, 9.17) is 16.3 Å². The van der Waals surface area contributed by atoms with E-state index in [1.165, 1.54) is 4.90 Å². The normalized spacial score (nSPS) is 20.8. The highest BCUT2D eigenvalue weighted by Gasteiger charge is 2.36. The molecule has 0 unspecified atom stereocenters. The van der Waals surface area contributed by atoms with Crippen LogP contribution >= 0.6 is 11.6 Å². The standard InChI is InChI=1S/C22H28ClF2N3O2/c1-14(2)27-7-3-16(4-8-27)30-20-12-15-11-19(26-18(15)13-17(20)23)21(29)28-9-5-22(24,25)6-10-28/h11-14,16,26H,3-10H2,1-2H3. The molecule has 0 radical (unpaired) electrons. The number of aromatic amines is 1. The minimum absolute atomic E-state index is 0.0609. The number of carbonyl (C=O) groups excluding carboxylic acids is 1. The Morgan fingerprint density at radius 1 is 1.17 bits per heavy atom. The van der Waals surface area contributed by atoms with E-state index < -0.39 is 5.92 Å². The van der Waals surface area contributed by atoms with Crippen molar-refractivity contribution in [3.8, 4) is 5.75 Å². The molecule has 164 valence electrons. The molecule has 1 N–H and O–H groups in total. The van der Waals surface area contributed by atoms with Gasteiger partial charge in [0.25, 0.3) is 11.8 Å². The SMILES string of the molecule is CC(C)N1CCC(Oc2cc3cc(C(=O)N4CCC(F)(F)CC4)[nH]c3cc2Cl)CC1. The number of ether oxygens (including phenoxy) is 1. The van der Waals surface area contributed by atoms with Gasteiger partial charge in [-0.2, -0.15) is 0 Å².